The van der Waals surface area contributed by atoms with Crippen molar-refractivity contribution in [2.75, 3.05) is 6.54 Å². The third-order valence-corrected chi connectivity index (χ3v) is 3.08. The summed E-state index contributed by atoms with van der Waals surface area (Å²) in [5, 5.41) is 26.8. The average Bonchev–Trinajstić information content (AvgIpc) is 2.78. The van der Waals surface area contributed by atoms with Gasteiger partial charge in [0.1, 0.15) is 11.5 Å². The van der Waals surface area contributed by atoms with Crippen LogP contribution in [0.2, 0.25) is 0 Å². The van der Waals surface area contributed by atoms with E-state index in [1.54, 1.807) is 10.7 Å². The third kappa shape index (κ3) is 3.48. The second-order valence-electron chi connectivity index (χ2n) is 4.65. The fourth-order valence-corrected chi connectivity index (χ4v) is 2.01. The molecular weight excluding hydrogens is 242 g/mol. The first-order valence-electron chi connectivity index (χ1n) is 6.30. The van der Waals surface area contributed by atoms with Crippen molar-refractivity contribution in [3.63, 3.8) is 0 Å². The summed E-state index contributed by atoms with van der Waals surface area (Å²) in [6, 6.07) is 6.50. The fourth-order valence-electron chi connectivity index (χ4n) is 2.01. The van der Waals surface area contributed by atoms with Crippen LogP contribution in [-0.2, 0) is 13.5 Å². The number of rotatable bonds is 5. The molecule has 3 N–H and O–H groups in total. The first-order valence-corrected chi connectivity index (χ1v) is 6.30. The van der Waals surface area contributed by atoms with Gasteiger partial charge in [0.05, 0.1) is 5.69 Å². The van der Waals surface area contributed by atoms with Crippen LogP contribution < -0.4 is 5.32 Å². The molecule has 0 fully saturated rings. The quantitative estimate of drug-likeness (QED) is 0.717. The maximum Gasteiger partial charge on any atom is 0.120 e. The number of hydrogen-bond acceptors (Lipinski definition) is 4. The molecule has 5 heteroatoms. The minimum absolute atomic E-state index is 0.0317. The second-order valence-corrected chi connectivity index (χ2v) is 4.65. The van der Waals surface area contributed by atoms with Gasteiger partial charge in [-0.3, -0.25) is 4.68 Å². The molecule has 1 atom stereocenters. The molecule has 5 nitrogen and oxygen atoms in total. The predicted octanol–water partition coefficient (Wildman–Crippen LogP) is 1.72. The molecule has 0 saturated carbocycles. The monoisotopic (exact) mass is 261 g/mol. The van der Waals surface area contributed by atoms with Gasteiger partial charge in [0, 0.05) is 37.8 Å². The van der Waals surface area contributed by atoms with Gasteiger partial charge >= 0.3 is 0 Å². The summed E-state index contributed by atoms with van der Waals surface area (Å²) in [6.07, 6.45) is 2.74. The van der Waals surface area contributed by atoms with Crippen LogP contribution in [-0.4, -0.2) is 26.5 Å². The zero-order valence-corrected chi connectivity index (χ0v) is 11.2. The van der Waals surface area contributed by atoms with Crippen LogP contribution in [0.25, 0.3) is 0 Å². The smallest absolute Gasteiger partial charge is 0.120 e. The highest BCUT2D eigenvalue weighted by Crippen LogP contribution is 2.27. The largest absolute Gasteiger partial charge is 0.508 e. The number of aryl methyl sites for hydroxylation is 1. The number of aromatic hydroxyl groups is 2. The van der Waals surface area contributed by atoms with Crippen molar-refractivity contribution < 1.29 is 10.2 Å². The van der Waals surface area contributed by atoms with Gasteiger partial charge in [0.2, 0.25) is 0 Å². The Balaban J connectivity index is 1.90. The molecule has 102 valence electrons. The topological polar surface area (TPSA) is 70.3 Å². The first kappa shape index (κ1) is 13.4. The van der Waals surface area contributed by atoms with Crippen LogP contribution in [0.3, 0.4) is 0 Å². The van der Waals surface area contributed by atoms with Crippen molar-refractivity contribution in [2.45, 2.75) is 19.4 Å². The van der Waals surface area contributed by atoms with Gasteiger partial charge in [0.25, 0.3) is 0 Å². The minimum atomic E-state index is -0.0317. The van der Waals surface area contributed by atoms with Crippen molar-refractivity contribution in [2.24, 2.45) is 7.05 Å². The Morgan fingerprint density at radius 3 is 2.79 bits per heavy atom. The van der Waals surface area contributed by atoms with Gasteiger partial charge in [-0.2, -0.15) is 5.10 Å². The molecule has 19 heavy (non-hydrogen) atoms. The highest BCUT2D eigenvalue weighted by molar-refractivity contribution is 5.40. The summed E-state index contributed by atoms with van der Waals surface area (Å²) in [6.45, 7) is 2.71. The van der Waals surface area contributed by atoms with Gasteiger partial charge in [-0.1, -0.05) is 0 Å². The van der Waals surface area contributed by atoms with Crippen molar-refractivity contribution in [3.8, 4) is 11.5 Å². The van der Waals surface area contributed by atoms with Crippen LogP contribution in [0, 0.1) is 0 Å². The van der Waals surface area contributed by atoms with Crippen LogP contribution in [0.15, 0.2) is 30.5 Å². The highest BCUT2D eigenvalue weighted by atomic mass is 16.3. The minimum Gasteiger partial charge on any atom is -0.508 e. The zero-order chi connectivity index (χ0) is 13.8. The van der Waals surface area contributed by atoms with Gasteiger partial charge in [-0.25, -0.2) is 0 Å². The second kappa shape index (κ2) is 5.75. The lowest BCUT2D eigenvalue weighted by Crippen LogP contribution is -2.21. The third-order valence-electron chi connectivity index (χ3n) is 3.08. The van der Waals surface area contributed by atoms with Gasteiger partial charge in [-0.05, 0) is 31.2 Å². The Morgan fingerprint density at radius 1 is 1.32 bits per heavy atom. The molecule has 0 bridgehead atoms. The van der Waals surface area contributed by atoms with Gasteiger partial charge in [-0.15, -0.1) is 0 Å². The lowest BCUT2D eigenvalue weighted by atomic mass is 10.1. The lowest BCUT2D eigenvalue weighted by Gasteiger charge is -2.15. The summed E-state index contributed by atoms with van der Waals surface area (Å²) < 4.78 is 1.78. The lowest BCUT2D eigenvalue weighted by molar-refractivity contribution is 0.441. The molecule has 0 aliphatic carbocycles. The molecule has 1 aromatic heterocycles. The molecule has 0 radical (unpaired) electrons. The molecule has 0 saturated heterocycles. The number of phenols is 2. The van der Waals surface area contributed by atoms with E-state index in [0.29, 0.717) is 5.56 Å². The molecule has 2 aromatic rings. The predicted molar refractivity (Wildman–Crippen MR) is 73.1 cm³/mol. The molecule has 0 amide bonds. The molecular formula is C14H19N3O2. The molecule has 1 aromatic carbocycles. The number of aromatic nitrogens is 2. The summed E-state index contributed by atoms with van der Waals surface area (Å²) in [5.41, 5.74) is 1.73. The molecule has 1 heterocycles. The van der Waals surface area contributed by atoms with E-state index < -0.39 is 0 Å². The Labute approximate surface area is 112 Å². The first-order chi connectivity index (χ1) is 9.06. The average molecular weight is 261 g/mol. The molecule has 1 unspecified atom stereocenters. The molecule has 2 rings (SSSR count). The Bertz CT molecular complexity index is 551. The molecule has 0 aliphatic heterocycles. The number of nitrogens with zero attached hydrogens (tertiary/aromatic N) is 2. The number of benzene rings is 1. The van der Waals surface area contributed by atoms with E-state index in [2.05, 4.69) is 10.4 Å². The summed E-state index contributed by atoms with van der Waals surface area (Å²) in [4.78, 5) is 0. The van der Waals surface area contributed by atoms with Crippen LogP contribution >= 0.6 is 0 Å². The Morgan fingerprint density at radius 2 is 2.11 bits per heavy atom. The number of hydrogen-bond donors (Lipinski definition) is 3. The summed E-state index contributed by atoms with van der Waals surface area (Å²) >= 11 is 0. The SMILES string of the molecule is CC(NCCc1ccn(C)n1)c1cc(O)ccc1O. The van der Waals surface area contributed by atoms with E-state index in [4.69, 9.17) is 0 Å². The van der Waals surface area contributed by atoms with E-state index in [0.717, 1.165) is 18.7 Å². The molecule has 0 aliphatic rings. The fraction of sp³-hybridized carbons (Fsp3) is 0.357. The van der Waals surface area contributed by atoms with Crippen molar-refractivity contribution in [1.82, 2.24) is 15.1 Å². The molecule has 0 spiro atoms. The van der Waals surface area contributed by atoms with Crippen molar-refractivity contribution >= 4 is 0 Å². The van der Waals surface area contributed by atoms with E-state index >= 15 is 0 Å². The summed E-state index contributed by atoms with van der Waals surface area (Å²) in [5.74, 6) is 0.349. The normalized spacial score (nSPS) is 12.5. The van der Waals surface area contributed by atoms with Crippen molar-refractivity contribution in [1.29, 1.82) is 0 Å². The summed E-state index contributed by atoms with van der Waals surface area (Å²) in [7, 11) is 1.89. The number of phenolic OH excluding ortho intramolecular Hbond substituents is 2. The van der Waals surface area contributed by atoms with Gasteiger partial charge < -0.3 is 15.5 Å². The highest BCUT2D eigenvalue weighted by Gasteiger charge is 2.10. The van der Waals surface area contributed by atoms with E-state index in [-0.39, 0.29) is 17.5 Å². The maximum absolute atomic E-state index is 9.76. The van der Waals surface area contributed by atoms with E-state index in [9.17, 15) is 10.2 Å². The van der Waals surface area contributed by atoms with E-state index in [1.807, 2.05) is 26.2 Å². The maximum atomic E-state index is 9.76. The van der Waals surface area contributed by atoms with Crippen LogP contribution in [0.4, 0.5) is 0 Å². The standard InChI is InChI=1S/C14H19N3O2/c1-10(13-9-12(18)3-4-14(13)19)15-7-5-11-6-8-17(2)16-11/h3-4,6,8-10,15,18-19H,5,7H2,1-2H3. The van der Waals surface area contributed by atoms with E-state index in [1.165, 1.54) is 12.1 Å². The van der Waals surface area contributed by atoms with Crippen molar-refractivity contribution in [3.05, 3.63) is 41.7 Å². The Hall–Kier alpha value is -2.01. The van der Waals surface area contributed by atoms with Gasteiger partial charge in [0.15, 0.2) is 0 Å². The Kier molecular flexibility index (Phi) is 4.06. The zero-order valence-electron chi connectivity index (χ0n) is 11.2. The number of nitrogens with one attached hydrogen (secondary N) is 1. The van der Waals surface area contributed by atoms with Crippen LogP contribution in [0.1, 0.15) is 24.2 Å². The van der Waals surface area contributed by atoms with Crippen LogP contribution in [0.5, 0.6) is 11.5 Å².